The highest BCUT2D eigenvalue weighted by Crippen LogP contribution is 2.18. The summed E-state index contributed by atoms with van der Waals surface area (Å²) >= 11 is 1.68. The van der Waals surface area contributed by atoms with E-state index in [1.165, 1.54) is 4.90 Å². The summed E-state index contributed by atoms with van der Waals surface area (Å²) in [7, 11) is 1.63. The average Bonchev–Trinajstić information content (AvgIpc) is 2.60. The summed E-state index contributed by atoms with van der Waals surface area (Å²) in [6.45, 7) is 0.505. The fourth-order valence-electron chi connectivity index (χ4n) is 1.99. The van der Waals surface area contributed by atoms with Crippen LogP contribution in [0.1, 0.15) is 12.8 Å². The van der Waals surface area contributed by atoms with Crippen molar-refractivity contribution in [1.29, 1.82) is 0 Å². The van der Waals surface area contributed by atoms with Gasteiger partial charge in [-0.2, -0.15) is 0 Å². The Bertz CT molecular complexity index is 611. The third-order valence-corrected chi connectivity index (χ3v) is 3.99. The Hall–Kier alpha value is -2.14. The Morgan fingerprint density at radius 1 is 1.04 bits per heavy atom. The topological polar surface area (TPSA) is 47.6 Å². The smallest absolute Gasteiger partial charge is 0.224 e. The van der Waals surface area contributed by atoms with Gasteiger partial charge in [0, 0.05) is 17.0 Å². The molecule has 2 rings (SSSR count). The van der Waals surface area contributed by atoms with E-state index in [-0.39, 0.29) is 5.91 Å². The van der Waals surface area contributed by atoms with E-state index in [9.17, 15) is 4.79 Å². The summed E-state index contributed by atoms with van der Waals surface area (Å²) in [5.41, 5.74) is 0.823. The highest BCUT2D eigenvalue weighted by Gasteiger charge is 2.03. The Morgan fingerprint density at radius 2 is 1.70 bits per heavy atom. The molecule has 0 radical (unpaired) electrons. The molecule has 2 aromatic carbocycles. The fourth-order valence-corrected chi connectivity index (χ4v) is 2.40. The maximum Gasteiger partial charge on any atom is 0.224 e. The Labute approximate surface area is 141 Å². The summed E-state index contributed by atoms with van der Waals surface area (Å²) in [6, 6.07) is 15.2. The van der Waals surface area contributed by atoms with Gasteiger partial charge in [0.15, 0.2) is 0 Å². The Morgan fingerprint density at radius 3 is 2.30 bits per heavy atom. The minimum Gasteiger partial charge on any atom is -0.497 e. The van der Waals surface area contributed by atoms with Gasteiger partial charge < -0.3 is 14.8 Å². The van der Waals surface area contributed by atoms with Crippen molar-refractivity contribution < 1.29 is 14.3 Å². The predicted molar refractivity (Wildman–Crippen MR) is 94.6 cm³/mol. The second kappa shape index (κ2) is 9.10. The third kappa shape index (κ3) is 5.87. The predicted octanol–water partition coefficient (Wildman–Crippen LogP) is 4.21. The molecule has 5 heteroatoms. The van der Waals surface area contributed by atoms with Crippen LogP contribution in [0.25, 0.3) is 0 Å². The number of thioether (sulfide) groups is 1. The van der Waals surface area contributed by atoms with E-state index in [1.807, 2.05) is 54.8 Å². The zero-order chi connectivity index (χ0) is 16.5. The number of rotatable bonds is 8. The summed E-state index contributed by atoms with van der Waals surface area (Å²) in [6.07, 6.45) is 3.12. The highest BCUT2D eigenvalue weighted by molar-refractivity contribution is 7.98. The van der Waals surface area contributed by atoms with Crippen molar-refractivity contribution in [3.05, 3.63) is 48.5 Å². The van der Waals surface area contributed by atoms with Crippen LogP contribution in [-0.2, 0) is 4.79 Å². The van der Waals surface area contributed by atoms with Gasteiger partial charge in [0.2, 0.25) is 5.91 Å². The van der Waals surface area contributed by atoms with E-state index in [4.69, 9.17) is 9.47 Å². The maximum atomic E-state index is 11.9. The lowest BCUT2D eigenvalue weighted by Crippen LogP contribution is -2.12. The molecule has 0 aliphatic carbocycles. The first-order valence-electron chi connectivity index (χ1n) is 7.42. The number of hydrogen-bond donors (Lipinski definition) is 1. The standard InChI is InChI=1S/C18H21NO3S/c1-21-15-7-9-16(10-8-15)22-13-3-4-18(20)19-14-5-11-17(23-2)12-6-14/h5-12H,3-4,13H2,1-2H3,(H,19,20). The SMILES string of the molecule is COc1ccc(OCCCC(=O)Nc2ccc(SC)cc2)cc1. The van der Waals surface area contributed by atoms with E-state index in [2.05, 4.69) is 5.32 Å². The molecule has 0 bridgehead atoms. The molecule has 1 N–H and O–H groups in total. The molecule has 0 spiro atoms. The van der Waals surface area contributed by atoms with E-state index in [0.29, 0.717) is 19.4 Å². The molecule has 0 saturated heterocycles. The number of hydrogen-bond acceptors (Lipinski definition) is 4. The van der Waals surface area contributed by atoms with Gasteiger partial charge in [0.05, 0.1) is 13.7 Å². The summed E-state index contributed by atoms with van der Waals surface area (Å²) in [4.78, 5) is 13.1. The van der Waals surface area contributed by atoms with Crippen LogP contribution in [0, 0.1) is 0 Å². The molecule has 0 atom stereocenters. The van der Waals surface area contributed by atoms with Crippen LogP contribution in [-0.4, -0.2) is 25.9 Å². The van der Waals surface area contributed by atoms with Crippen LogP contribution in [0.15, 0.2) is 53.4 Å². The van der Waals surface area contributed by atoms with Gasteiger partial charge >= 0.3 is 0 Å². The highest BCUT2D eigenvalue weighted by atomic mass is 32.2. The third-order valence-electron chi connectivity index (χ3n) is 3.25. The van der Waals surface area contributed by atoms with Crippen LogP contribution in [0.4, 0.5) is 5.69 Å². The molecule has 0 heterocycles. The van der Waals surface area contributed by atoms with Crippen molar-refractivity contribution in [1.82, 2.24) is 0 Å². The number of carbonyl (C=O) groups is 1. The fraction of sp³-hybridized carbons (Fsp3) is 0.278. The number of carbonyl (C=O) groups excluding carboxylic acids is 1. The van der Waals surface area contributed by atoms with Crippen LogP contribution in [0.3, 0.4) is 0 Å². The molecule has 2 aromatic rings. The normalized spacial score (nSPS) is 10.2. The lowest BCUT2D eigenvalue weighted by Gasteiger charge is -2.08. The van der Waals surface area contributed by atoms with Crippen LogP contribution < -0.4 is 14.8 Å². The molecule has 0 saturated carbocycles. The number of anilines is 1. The average molecular weight is 331 g/mol. The van der Waals surface area contributed by atoms with Gasteiger partial charge in [0.25, 0.3) is 0 Å². The molecular formula is C18H21NO3S. The summed E-state index contributed by atoms with van der Waals surface area (Å²) in [5.74, 6) is 1.57. The lowest BCUT2D eigenvalue weighted by molar-refractivity contribution is -0.116. The largest absolute Gasteiger partial charge is 0.497 e. The summed E-state index contributed by atoms with van der Waals surface area (Å²) < 4.78 is 10.7. The molecule has 4 nitrogen and oxygen atoms in total. The first-order valence-corrected chi connectivity index (χ1v) is 8.64. The molecule has 1 amide bonds. The van der Waals surface area contributed by atoms with E-state index < -0.39 is 0 Å². The molecule has 0 aromatic heterocycles. The minimum absolute atomic E-state index is 0.000215. The first-order chi connectivity index (χ1) is 11.2. The Balaban J connectivity index is 1.67. The number of nitrogens with one attached hydrogen (secondary N) is 1. The van der Waals surface area contributed by atoms with Crippen molar-refractivity contribution in [3.63, 3.8) is 0 Å². The molecular weight excluding hydrogens is 310 g/mol. The number of ether oxygens (including phenoxy) is 2. The molecule has 23 heavy (non-hydrogen) atoms. The molecule has 0 unspecified atom stereocenters. The maximum absolute atomic E-state index is 11.9. The number of benzene rings is 2. The van der Waals surface area contributed by atoms with E-state index in [1.54, 1.807) is 18.9 Å². The number of methoxy groups -OCH3 is 1. The Kier molecular flexibility index (Phi) is 6.81. The molecule has 122 valence electrons. The van der Waals surface area contributed by atoms with Crippen molar-refractivity contribution in [2.24, 2.45) is 0 Å². The van der Waals surface area contributed by atoms with Crippen molar-refractivity contribution >= 4 is 23.4 Å². The monoisotopic (exact) mass is 331 g/mol. The second-order valence-corrected chi connectivity index (χ2v) is 5.78. The molecule has 0 fully saturated rings. The van der Waals surface area contributed by atoms with Crippen LogP contribution in [0.2, 0.25) is 0 Å². The second-order valence-electron chi connectivity index (χ2n) is 4.90. The van der Waals surface area contributed by atoms with Crippen molar-refractivity contribution in [2.45, 2.75) is 17.7 Å². The number of amides is 1. The van der Waals surface area contributed by atoms with Crippen molar-refractivity contribution in [2.75, 3.05) is 25.3 Å². The molecule has 0 aliphatic rings. The quantitative estimate of drug-likeness (QED) is 0.581. The van der Waals surface area contributed by atoms with Gasteiger partial charge in [-0.15, -0.1) is 11.8 Å². The lowest BCUT2D eigenvalue weighted by atomic mass is 10.2. The van der Waals surface area contributed by atoms with Gasteiger partial charge in [-0.3, -0.25) is 4.79 Å². The minimum atomic E-state index is 0.000215. The van der Waals surface area contributed by atoms with Gasteiger partial charge in [-0.1, -0.05) is 0 Å². The zero-order valence-corrected chi connectivity index (χ0v) is 14.2. The molecule has 0 aliphatic heterocycles. The van der Waals surface area contributed by atoms with Crippen LogP contribution >= 0.6 is 11.8 Å². The van der Waals surface area contributed by atoms with Gasteiger partial charge in [0.1, 0.15) is 11.5 Å². The van der Waals surface area contributed by atoms with E-state index in [0.717, 1.165) is 17.2 Å². The van der Waals surface area contributed by atoms with Crippen molar-refractivity contribution in [3.8, 4) is 11.5 Å². The zero-order valence-electron chi connectivity index (χ0n) is 13.4. The summed E-state index contributed by atoms with van der Waals surface area (Å²) in [5, 5.41) is 2.89. The van der Waals surface area contributed by atoms with Gasteiger partial charge in [-0.05, 0) is 61.2 Å². The first kappa shape index (κ1) is 17.2. The van der Waals surface area contributed by atoms with E-state index >= 15 is 0 Å². The van der Waals surface area contributed by atoms with Gasteiger partial charge in [-0.25, -0.2) is 0 Å². The van der Waals surface area contributed by atoms with Crippen LogP contribution in [0.5, 0.6) is 11.5 Å².